The molecule has 2 aliphatic rings. The SMILES string of the molecule is C=C1NC(c2cccc(Nc3cccc(C(C)(C)F)c3)c2I)CC(=O)N1C1CCOCC1. The van der Waals surface area contributed by atoms with Crippen LogP contribution in [0.5, 0.6) is 0 Å². The number of rotatable bonds is 5. The highest BCUT2D eigenvalue weighted by Crippen LogP contribution is 2.35. The van der Waals surface area contributed by atoms with Crippen molar-refractivity contribution >= 4 is 39.9 Å². The van der Waals surface area contributed by atoms with Crippen molar-refractivity contribution in [3.05, 3.63) is 69.6 Å². The molecule has 2 heterocycles. The van der Waals surface area contributed by atoms with Crippen LogP contribution >= 0.6 is 22.6 Å². The van der Waals surface area contributed by atoms with Crippen LogP contribution < -0.4 is 10.6 Å². The Labute approximate surface area is 202 Å². The fourth-order valence-corrected chi connectivity index (χ4v) is 5.21. The summed E-state index contributed by atoms with van der Waals surface area (Å²) in [5, 5.41) is 6.87. The first kappa shape index (κ1) is 23.0. The fourth-order valence-electron chi connectivity index (χ4n) is 4.34. The first-order valence-corrected chi connectivity index (χ1v) is 12.0. The first-order chi connectivity index (χ1) is 15.2. The third-order valence-electron chi connectivity index (χ3n) is 6.07. The van der Waals surface area contributed by atoms with Crippen LogP contribution in [0.25, 0.3) is 0 Å². The zero-order valence-electron chi connectivity index (χ0n) is 18.5. The molecule has 2 fully saturated rings. The quantitative estimate of drug-likeness (QED) is 0.467. The molecule has 0 aliphatic carbocycles. The summed E-state index contributed by atoms with van der Waals surface area (Å²) < 4.78 is 20.8. The highest BCUT2D eigenvalue weighted by Gasteiger charge is 2.35. The van der Waals surface area contributed by atoms with Crippen LogP contribution in [0, 0.1) is 3.57 Å². The Morgan fingerprint density at radius 1 is 1.22 bits per heavy atom. The molecular weight excluding hydrogens is 520 g/mol. The summed E-state index contributed by atoms with van der Waals surface area (Å²) in [5.41, 5.74) is 2.00. The van der Waals surface area contributed by atoms with E-state index in [-0.39, 0.29) is 18.0 Å². The molecule has 5 nitrogen and oxygen atoms in total. The van der Waals surface area contributed by atoms with Gasteiger partial charge in [0, 0.05) is 28.5 Å². The lowest BCUT2D eigenvalue weighted by molar-refractivity contribution is -0.136. The lowest BCUT2D eigenvalue weighted by atomic mass is 9.97. The number of nitrogens with zero attached hydrogens (tertiary/aromatic N) is 1. The average molecular weight is 549 g/mol. The number of carbonyl (C=O) groups excluding carboxylic acids is 1. The van der Waals surface area contributed by atoms with E-state index in [4.69, 9.17) is 4.74 Å². The van der Waals surface area contributed by atoms with Crippen LogP contribution in [0.4, 0.5) is 15.8 Å². The van der Waals surface area contributed by atoms with Gasteiger partial charge in [-0.15, -0.1) is 0 Å². The Balaban J connectivity index is 1.53. The van der Waals surface area contributed by atoms with Crippen molar-refractivity contribution in [3.63, 3.8) is 0 Å². The average Bonchev–Trinajstić information content (AvgIpc) is 2.75. The maximum atomic E-state index is 14.4. The zero-order valence-corrected chi connectivity index (χ0v) is 20.6. The van der Waals surface area contributed by atoms with Crippen LogP contribution in [0.15, 0.2) is 54.9 Å². The summed E-state index contributed by atoms with van der Waals surface area (Å²) >= 11 is 2.31. The highest BCUT2D eigenvalue weighted by molar-refractivity contribution is 14.1. The third kappa shape index (κ3) is 4.93. The van der Waals surface area contributed by atoms with Gasteiger partial charge in [-0.2, -0.15) is 0 Å². The minimum atomic E-state index is -1.41. The molecular formula is C25H29FIN3O2. The number of alkyl halides is 1. The number of hydrogen-bond donors (Lipinski definition) is 2. The lowest BCUT2D eigenvalue weighted by Crippen LogP contribution is -2.51. The van der Waals surface area contributed by atoms with E-state index in [1.807, 2.05) is 41.3 Å². The van der Waals surface area contributed by atoms with Crippen LogP contribution in [-0.4, -0.2) is 30.1 Å². The molecule has 7 heteroatoms. The summed E-state index contributed by atoms with van der Waals surface area (Å²) in [5.74, 6) is 0.753. The molecule has 32 heavy (non-hydrogen) atoms. The topological polar surface area (TPSA) is 53.6 Å². The predicted molar refractivity (Wildman–Crippen MR) is 133 cm³/mol. The van der Waals surface area contributed by atoms with Crippen molar-refractivity contribution in [3.8, 4) is 0 Å². The number of carbonyl (C=O) groups is 1. The molecule has 0 bridgehead atoms. The first-order valence-electron chi connectivity index (χ1n) is 10.9. The zero-order chi connectivity index (χ0) is 22.9. The van der Waals surface area contributed by atoms with Gasteiger partial charge in [-0.3, -0.25) is 9.69 Å². The smallest absolute Gasteiger partial charge is 0.230 e. The van der Waals surface area contributed by atoms with Crippen LogP contribution in [0.2, 0.25) is 0 Å². The van der Waals surface area contributed by atoms with E-state index in [1.54, 1.807) is 19.9 Å². The molecule has 2 saturated heterocycles. The number of benzene rings is 2. The Hall–Kier alpha value is -2.13. The number of nitrogens with one attached hydrogen (secondary N) is 2. The van der Waals surface area contributed by atoms with Crippen molar-refractivity contribution < 1.29 is 13.9 Å². The Bertz CT molecular complexity index is 996. The van der Waals surface area contributed by atoms with Gasteiger partial charge in [-0.1, -0.05) is 30.8 Å². The Morgan fingerprint density at radius 3 is 2.62 bits per heavy atom. The Morgan fingerprint density at radius 2 is 1.94 bits per heavy atom. The van der Waals surface area contributed by atoms with E-state index in [1.165, 1.54) is 0 Å². The van der Waals surface area contributed by atoms with E-state index >= 15 is 0 Å². The summed E-state index contributed by atoms with van der Waals surface area (Å²) in [4.78, 5) is 14.9. The second-order valence-corrected chi connectivity index (χ2v) is 9.92. The summed E-state index contributed by atoms with van der Waals surface area (Å²) in [6.07, 6.45) is 2.05. The molecule has 0 saturated carbocycles. The number of hydrogen-bond acceptors (Lipinski definition) is 4. The normalized spacial score (nSPS) is 20.2. The molecule has 2 aliphatic heterocycles. The van der Waals surface area contributed by atoms with E-state index in [2.05, 4.69) is 39.8 Å². The largest absolute Gasteiger partial charge is 0.381 e. The molecule has 0 spiro atoms. The number of amides is 1. The van der Waals surface area contributed by atoms with Gasteiger partial charge < -0.3 is 15.4 Å². The van der Waals surface area contributed by atoms with Gasteiger partial charge >= 0.3 is 0 Å². The maximum absolute atomic E-state index is 14.4. The highest BCUT2D eigenvalue weighted by atomic mass is 127. The van der Waals surface area contributed by atoms with Gasteiger partial charge in [-0.25, -0.2) is 4.39 Å². The molecule has 2 N–H and O–H groups in total. The van der Waals surface area contributed by atoms with Gasteiger partial charge in [0.15, 0.2) is 0 Å². The second-order valence-electron chi connectivity index (χ2n) is 8.84. The predicted octanol–water partition coefficient (Wildman–Crippen LogP) is 5.75. The van der Waals surface area contributed by atoms with Crippen molar-refractivity contribution in [1.82, 2.24) is 10.2 Å². The standard InChI is InChI=1S/C25H29FIN3O2/c1-16-28-22(15-23(31)30(16)19-10-12-32-13-11-19)20-8-5-9-21(24(20)27)29-18-7-4-6-17(14-18)25(2,3)26/h4-9,14,19,22,28-29H,1,10-13,15H2,2-3H3. The van der Waals surface area contributed by atoms with Crippen LogP contribution in [0.1, 0.15) is 50.3 Å². The minimum Gasteiger partial charge on any atom is -0.381 e. The summed E-state index contributed by atoms with van der Waals surface area (Å²) in [7, 11) is 0. The summed E-state index contributed by atoms with van der Waals surface area (Å²) in [6.45, 7) is 8.61. The molecule has 1 atom stereocenters. The van der Waals surface area contributed by atoms with Crippen molar-refractivity contribution in [1.29, 1.82) is 0 Å². The molecule has 2 aromatic rings. The fraction of sp³-hybridized carbons (Fsp3) is 0.400. The second kappa shape index (κ2) is 9.39. The van der Waals surface area contributed by atoms with Crippen LogP contribution in [-0.2, 0) is 15.2 Å². The Kier molecular flexibility index (Phi) is 6.76. The maximum Gasteiger partial charge on any atom is 0.230 e. The minimum absolute atomic E-state index is 0.0951. The van der Waals surface area contributed by atoms with E-state index in [0.29, 0.717) is 31.0 Å². The molecule has 1 unspecified atom stereocenters. The van der Waals surface area contributed by atoms with Gasteiger partial charge in [-0.05, 0) is 78.6 Å². The number of anilines is 2. The molecule has 2 aromatic carbocycles. The van der Waals surface area contributed by atoms with Crippen molar-refractivity contribution in [2.24, 2.45) is 0 Å². The van der Waals surface area contributed by atoms with E-state index in [0.717, 1.165) is 33.4 Å². The van der Waals surface area contributed by atoms with Gasteiger partial charge in [0.2, 0.25) is 5.91 Å². The van der Waals surface area contributed by atoms with E-state index < -0.39 is 5.67 Å². The van der Waals surface area contributed by atoms with Gasteiger partial charge in [0.25, 0.3) is 0 Å². The van der Waals surface area contributed by atoms with Gasteiger partial charge in [0.1, 0.15) is 11.5 Å². The number of ether oxygens (including phenoxy) is 1. The van der Waals surface area contributed by atoms with Crippen molar-refractivity contribution in [2.45, 2.75) is 50.9 Å². The van der Waals surface area contributed by atoms with E-state index in [9.17, 15) is 9.18 Å². The summed E-state index contributed by atoms with van der Waals surface area (Å²) in [6, 6.07) is 13.4. The lowest BCUT2D eigenvalue weighted by Gasteiger charge is -2.41. The molecule has 0 aromatic heterocycles. The number of halogens is 2. The third-order valence-corrected chi connectivity index (χ3v) is 7.27. The molecule has 0 radical (unpaired) electrons. The monoisotopic (exact) mass is 549 g/mol. The van der Waals surface area contributed by atoms with Crippen molar-refractivity contribution in [2.75, 3.05) is 18.5 Å². The molecule has 4 rings (SSSR count). The molecule has 1 amide bonds. The van der Waals surface area contributed by atoms with Gasteiger partial charge in [0.05, 0.1) is 18.2 Å². The van der Waals surface area contributed by atoms with Crippen LogP contribution in [0.3, 0.4) is 0 Å². The molecule has 170 valence electrons.